The molecule has 0 aliphatic heterocycles. The van der Waals surface area contributed by atoms with Gasteiger partial charge in [-0.3, -0.25) is 4.98 Å². The summed E-state index contributed by atoms with van der Waals surface area (Å²) in [6.45, 7) is 0.760. The van der Waals surface area contributed by atoms with Crippen LogP contribution in [0.25, 0.3) is 0 Å². The Morgan fingerprint density at radius 1 is 1.35 bits per heavy atom. The summed E-state index contributed by atoms with van der Waals surface area (Å²) in [5.74, 6) is 0. The second-order valence-electron chi connectivity index (χ2n) is 5.11. The van der Waals surface area contributed by atoms with Crippen molar-refractivity contribution < 1.29 is 0 Å². The second-order valence-corrected chi connectivity index (χ2v) is 5.11. The van der Waals surface area contributed by atoms with Crippen LogP contribution in [0.1, 0.15) is 24.0 Å². The zero-order valence-electron chi connectivity index (χ0n) is 11.2. The Labute approximate surface area is 118 Å². The maximum Gasteiger partial charge on any atom is 0.101 e. The molecule has 2 aromatic rings. The summed E-state index contributed by atoms with van der Waals surface area (Å²) >= 11 is 0. The minimum atomic E-state index is 0.507. The third kappa shape index (κ3) is 2.57. The van der Waals surface area contributed by atoms with E-state index in [1.807, 2.05) is 18.2 Å². The normalized spacial score (nSPS) is 13.8. The summed E-state index contributed by atoms with van der Waals surface area (Å²) in [7, 11) is 0. The highest BCUT2D eigenvalue weighted by Gasteiger charge is 2.30. The van der Waals surface area contributed by atoms with Crippen molar-refractivity contribution in [2.24, 2.45) is 0 Å². The average Bonchev–Trinajstić information content (AvgIpc) is 3.29. The van der Waals surface area contributed by atoms with E-state index in [0.717, 1.165) is 23.5 Å². The Morgan fingerprint density at radius 2 is 2.20 bits per heavy atom. The molecule has 100 valence electrons. The Bertz CT molecular complexity index is 656. The molecule has 2 N–H and O–H groups in total. The zero-order chi connectivity index (χ0) is 13.9. The standard InChI is InChI=1S/C16H16N4/c17-9-13-6-7-19-10-16(13)20(15-4-5-15)11-12-2-1-3-14(18)8-12/h1-3,6-8,10,15H,4-5,11,18H2. The first-order chi connectivity index (χ1) is 9.78. The van der Waals surface area contributed by atoms with E-state index in [0.29, 0.717) is 11.6 Å². The molecule has 4 nitrogen and oxygen atoms in total. The fourth-order valence-electron chi connectivity index (χ4n) is 2.39. The maximum atomic E-state index is 9.26. The third-order valence-corrected chi connectivity index (χ3v) is 3.52. The van der Waals surface area contributed by atoms with Gasteiger partial charge >= 0.3 is 0 Å². The smallest absolute Gasteiger partial charge is 0.101 e. The fraction of sp³-hybridized carbons (Fsp3) is 0.250. The van der Waals surface area contributed by atoms with Crippen LogP contribution in [-0.4, -0.2) is 11.0 Å². The van der Waals surface area contributed by atoms with Crippen molar-refractivity contribution in [2.75, 3.05) is 10.6 Å². The zero-order valence-corrected chi connectivity index (χ0v) is 11.2. The van der Waals surface area contributed by atoms with Gasteiger partial charge in [-0.1, -0.05) is 12.1 Å². The Hall–Kier alpha value is -2.54. The van der Waals surface area contributed by atoms with E-state index in [1.165, 1.54) is 12.8 Å². The number of benzene rings is 1. The highest BCUT2D eigenvalue weighted by molar-refractivity contribution is 5.59. The number of pyridine rings is 1. The monoisotopic (exact) mass is 264 g/mol. The lowest BCUT2D eigenvalue weighted by Gasteiger charge is -2.25. The summed E-state index contributed by atoms with van der Waals surface area (Å²) in [4.78, 5) is 6.43. The van der Waals surface area contributed by atoms with Gasteiger partial charge in [0.25, 0.3) is 0 Å². The molecule has 0 unspecified atom stereocenters. The van der Waals surface area contributed by atoms with Crippen molar-refractivity contribution in [1.82, 2.24) is 4.98 Å². The molecular formula is C16H16N4. The molecule has 1 fully saturated rings. The highest BCUT2D eigenvalue weighted by Crippen LogP contribution is 2.34. The number of hydrogen-bond donors (Lipinski definition) is 1. The fourth-order valence-corrected chi connectivity index (χ4v) is 2.39. The van der Waals surface area contributed by atoms with Crippen LogP contribution < -0.4 is 10.6 Å². The number of nitrogen functional groups attached to an aromatic ring is 1. The number of rotatable bonds is 4. The molecule has 1 saturated carbocycles. The quantitative estimate of drug-likeness (QED) is 0.862. The summed E-state index contributed by atoms with van der Waals surface area (Å²) < 4.78 is 0. The lowest BCUT2D eigenvalue weighted by molar-refractivity contribution is 0.790. The maximum absolute atomic E-state index is 9.26. The van der Waals surface area contributed by atoms with Crippen LogP contribution in [0.2, 0.25) is 0 Å². The van der Waals surface area contributed by atoms with Gasteiger partial charge in [0.2, 0.25) is 0 Å². The average molecular weight is 264 g/mol. The van der Waals surface area contributed by atoms with Gasteiger partial charge in [0.1, 0.15) is 6.07 Å². The van der Waals surface area contributed by atoms with Crippen LogP contribution in [0.4, 0.5) is 11.4 Å². The van der Waals surface area contributed by atoms with Gasteiger partial charge in [0.05, 0.1) is 17.4 Å². The lowest BCUT2D eigenvalue weighted by atomic mass is 10.1. The predicted octanol–water partition coefficient (Wildman–Crippen LogP) is 2.70. The molecule has 0 amide bonds. The van der Waals surface area contributed by atoms with E-state index in [4.69, 9.17) is 5.73 Å². The van der Waals surface area contributed by atoms with Crippen molar-refractivity contribution >= 4 is 11.4 Å². The first-order valence-electron chi connectivity index (χ1n) is 6.73. The van der Waals surface area contributed by atoms with E-state index >= 15 is 0 Å². The van der Waals surface area contributed by atoms with Gasteiger partial charge in [-0.15, -0.1) is 0 Å². The third-order valence-electron chi connectivity index (χ3n) is 3.52. The van der Waals surface area contributed by atoms with Crippen LogP contribution in [0.5, 0.6) is 0 Å². The van der Waals surface area contributed by atoms with E-state index in [2.05, 4.69) is 22.0 Å². The summed E-state index contributed by atoms with van der Waals surface area (Å²) in [5, 5.41) is 9.26. The molecule has 1 aliphatic rings. The van der Waals surface area contributed by atoms with Crippen molar-refractivity contribution in [2.45, 2.75) is 25.4 Å². The molecule has 20 heavy (non-hydrogen) atoms. The summed E-state index contributed by atoms with van der Waals surface area (Å²) in [5.41, 5.74) is 9.36. The van der Waals surface area contributed by atoms with Crippen molar-refractivity contribution in [1.29, 1.82) is 5.26 Å². The van der Waals surface area contributed by atoms with Crippen molar-refractivity contribution in [3.05, 3.63) is 53.9 Å². The van der Waals surface area contributed by atoms with E-state index in [1.54, 1.807) is 18.5 Å². The summed E-state index contributed by atoms with van der Waals surface area (Å²) in [6, 6.07) is 12.4. The second kappa shape index (κ2) is 5.22. The topological polar surface area (TPSA) is 65.9 Å². The molecule has 4 heteroatoms. The first kappa shape index (κ1) is 12.5. The molecular weight excluding hydrogens is 248 g/mol. The van der Waals surface area contributed by atoms with Crippen LogP contribution in [0.3, 0.4) is 0 Å². The number of nitrogens with zero attached hydrogens (tertiary/aromatic N) is 3. The van der Waals surface area contributed by atoms with E-state index in [-0.39, 0.29) is 0 Å². The number of hydrogen-bond acceptors (Lipinski definition) is 4. The van der Waals surface area contributed by atoms with E-state index < -0.39 is 0 Å². The van der Waals surface area contributed by atoms with E-state index in [9.17, 15) is 5.26 Å². The molecule has 0 atom stereocenters. The number of aromatic nitrogens is 1. The van der Waals surface area contributed by atoms with Gasteiger partial charge in [0, 0.05) is 24.5 Å². The minimum Gasteiger partial charge on any atom is -0.399 e. The van der Waals surface area contributed by atoms with Gasteiger partial charge < -0.3 is 10.6 Å². The minimum absolute atomic E-state index is 0.507. The van der Waals surface area contributed by atoms with Gasteiger partial charge in [-0.05, 0) is 36.6 Å². The van der Waals surface area contributed by atoms with Crippen molar-refractivity contribution in [3.8, 4) is 6.07 Å². The molecule has 0 saturated heterocycles. The number of nitrogens with two attached hydrogens (primary N) is 1. The molecule has 0 radical (unpaired) electrons. The number of anilines is 2. The molecule has 1 aromatic carbocycles. The summed E-state index contributed by atoms with van der Waals surface area (Å²) in [6.07, 6.45) is 5.78. The molecule has 0 spiro atoms. The molecule has 3 rings (SSSR count). The van der Waals surface area contributed by atoms with Crippen LogP contribution in [0.15, 0.2) is 42.7 Å². The van der Waals surface area contributed by atoms with Crippen LogP contribution in [-0.2, 0) is 6.54 Å². The molecule has 1 heterocycles. The number of nitriles is 1. The Kier molecular flexibility index (Phi) is 3.26. The van der Waals surface area contributed by atoms with Crippen LogP contribution >= 0.6 is 0 Å². The van der Waals surface area contributed by atoms with Gasteiger partial charge in [0.15, 0.2) is 0 Å². The first-order valence-corrected chi connectivity index (χ1v) is 6.73. The van der Waals surface area contributed by atoms with Gasteiger partial charge in [-0.25, -0.2) is 0 Å². The Morgan fingerprint density at radius 3 is 2.90 bits per heavy atom. The molecule has 0 bridgehead atoms. The largest absolute Gasteiger partial charge is 0.399 e. The van der Waals surface area contributed by atoms with Crippen LogP contribution in [0, 0.1) is 11.3 Å². The molecule has 1 aliphatic carbocycles. The van der Waals surface area contributed by atoms with Gasteiger partial charge in [-0.2, -0.15) is 5.26 Å². The van der Waals surface area contributed by atoms with Crippen molar-refractivity contribution in [3.63, 3.8) is 0 Å². The molecule has 1 aromatic heterocycles. The highest BCUT2D eigenvalue weighted by atomic mass is 15.2. The SMILES string of the molecule is N#Cc1ccncc1N(Cc1cccc(N)c1)C1CC1. The lowest BCUT2D eigenvalue weighted by Crippen LogP contribution is -2.26. The predicted molar refractivity (Wildman–Crippen MR) is 79.0 cm³/mol. The Balaban J connectivity index is 1.92.